The molecule has 4 rings (SSSR count). The molecule has 1 aromatic carbocycles. The molecule has 108 valence electrons. The Morgan fingerprint density at radius 2 is 2.10 bits per heavy atom. The minimum atomic E-state index is 0.0720. The Hall–Kier alpha value is -0.440. The summed E-state index contributed by atoms with van der Waals surface area (Å²) in [4.78, 5) is 0. The van der Waals surface area contributed by atoms with E-state index in [9.17, 15) is 5.11 Å². The van der Waals surface area contributed by atoms with Gasteiger partial charge in [0.15, 0.2) is 5.75 Å². The van der Waals surface area contributed by atoms with Gasteiger partial charge in [0.05, 0.1) is 10.0 Å². The topological polar surface area (TPSA) is 32.3 Å². The lowest BCUT2D eigenvalue weighted by Crippen LogP contribution is -2.59. The molecule has 0 spiro atoms. The van der Waals surface area contributed by atoms with Crippen LogP contribution >= 0.6 is 23.2 Å². The van der Waals surface area contributed by atoms with Crippen LogP contribution in [-0.2, 0) is 11.8 Å². The van der Waals surface area contributed by atoms with Crippen LogP contribution < -0.4 is 5.32 Å². The molecule has 1 heterocycles. The standard InChI is InChI=1S/C16H19Cl2NO/c17-11-7-9-8-12-10-3-1-2-4-16(10,5-6-19-12)13(9)14(18)15(11)20/h7,10,12,19-20H,1-6,8H2/t10-,12+,16+/m0/s1. The van der Waals surface area contributed by atoms with Gasteiger partial charge in [0.2, 0.25) is 0 Å². The van der Waals surface area contributed by atoms with E-state index in [1.54, 1.807) is 0 Å². The van der Waals surface area contributed by atoms with Crippen LogP contribution in [0.5, 0.6) is 5.75 Å². The molecule has 1 aromatic rings. The third-order valence-corrected chi connectivity index (χ3v) is 6.43. The number of benzene rings is 1. The predicted octanol–water partition coefficient (Wildman–Crippen LogP) is 4.05. The number of phenolic OH excluding ortho intramolecular Hbond substituents is 1. The first-order chi connectivity index (χ1) is 9.63. The van der Waals surface area contributed by atoms with E-state index in [4.69, 9.17) is 23.2 Å². The fourth-order valence-corrected chi connectivity index (χ4v) is 5.72. The van der Waals surface area contributed by atoms with Crippen molar-refractivity contribution in [2.24, 2.45) is 5.92 Å². The summed E-state index contributed by atoms with van der Waals surface area (Å²) in [5.74, 6) is 0.735. The highest BCUT2D eigenvalue weighted by Crippen LogP contribution is 2.57. The van der Waals surface area contributed by atoms with Crippen LogP contribution in [0.25, 0.3) is 0 Å². The second-order valence-electron chi connectivity index (χ2n) is 6.58. The average Bonchev–Trinajstić information content (AvgIpc) is 2.44. The van der Waals surface area contributed by atoms with Crippen molar-refractivity contribution in [3.63, 3.8) is 0 Å². The molecule has 0 aromatic heterocycles. The fourth-order valence-electron chi connectivity index (χ4n) is 5.03. The summed E-state index contributed by atoms with van der Waals surface area (Å²) in [6.07, 6.45) is 7.17. The Labute approximate surface area is 129 Å². The fraction of sp³-hybridized carbons (Fsp3) is 0.625. The highest BCUT2D eigenvalue weighted by Gasteiger charge is 2.52. The lowest BCUT2D eigenvalue weighted by Gasteiger charge is -2.56. The lowest BCUT2D eigenvalue weighted by molar-refractivity contribution is 0.0796. The van der Waals surface area contributed by atoms with Crippen molar-refractivity contribution in [2.45, 2.75) is 50.0 Å². The quantitative estimate of drug-likeness (QED) is 0.757. The second kappa shape index (κ2) is 4.53. The van der Waals surface area contributed by atoms with Crippen LogP contribution in [0.15, 0.2) is 6.07 Å². The van der Waals surface area contributed by atoms with E-state index in [-0.39, 0.29) is 11.2 Å². The van der Waals surface area contributed by atoms with E-state index >= 15 is 0 Å². The van der Waals surface area contributed by atoms with Gasteiger partial charge < -0.3 is 10.4 Å². The Kier molecular flexibility index (Phi) is 3.00. The van der Waals surface area contributed by atoms with Crippen molar-refractivity contribution in [3.05, 3.63) is 27.2 Å². The van der Waals surface area contributed by atoms with Crippen LogP contribution in [-0.4, -0.2) is 17.7 Å². The smallest absolute Gasteiger partial charge is 0.153 e. The van der Waals surface area contributed by atoms with E-state index in [1.165, 1.54) is 36.8 Å². The zero-order valence-corrected chi connectivity index (χ0v) is 12.9. The number of halogens is 2. The largest absolute Gasteiger partial charge is 0.505 e. The number of rotatable bonds is 0. The third kappa shape index (κ3) is 1.62. The predicted molar refractivity (Wildman–Crippen MR) is 81.9 cm³/mol. The average molecular weight is 312 g/mol. The van der Waals surface area contributed by atoms with E-state index in [0.717, 1.165) is 19.4 Å². The van der Waals surface area contributed by atoms with Gasteiger partial charge in [-0.1, -0.05) is 36.0 Å². The highest BCUT2D eigenvalue weighted by atomic mass is 35.5. The molecule has 2 aliphatic carbocycles. The molecule has 20 heavy (non-hydrogen) atoms. The SMILES string of the molecule is Oc1c(Cl)cc2c(c1Cl)[C@@]13CCCC[C@H]1[C@@H](C2)NCC3. The Morgan fingerprint density at radius 3 is 2.95 bits per heavy atom. The van der Waals surface area contributed by atoms with E-state index in [1.807, 2.05) is 6.07 Å². The van der Waals surface area contributed by atoms with Gasteiger partial charge in [0.1, 0.15) is 0 Å². The summed E-state index contributed by atoms with van der Waals surface area (Å²) in [7, 11) is 0. The van der Waals surface area contributed by atoms with Crippen molar-refractivity contribution in [2.75, 3.05) is 6.54 Å². The van der Waals surface area contributed by atoms with Crippen LogP contribution in [0, 0.1) is 5.92 Å². The van der Waals surface area contributed by atoms with Gasteiger partial charge in [-0.05, 0) is 55.3 Å². The normalized spacial score (nSPS) is 35.3. The van der Waals surface area contributed by atoms with Crippen molar-refractivity contribution >= 4 is 23.2 Å². The molecule has 1 aliphatic heterocycles. The number of hydrogen-bond acceptors (Lipinski definition) is 2. The van der Waals surface area contributed by atoms with Gasteiger partial charge in [-0.15, -0.1) is 0 Å². The maximum absolute atomic E-state index is 10.2. The summed E-state index contributed by atoms with van der Waals surface area (Å²) in [5.41, 5.74) is 2.62. The Balaban J connectivity index is 1.97. The first-order valence-corrected chi connectivity index (χ1v) is 8.33. The monoisotopic (exact) mass is 311 g/mol. The van der Waals surface area contributed by atoms with Crippen molar-refractivity contribution in [1.29, 1.82) is 0 Å². The number of aromatic hydroxyl groups is 1. The summed E-state index contributed by atoms with van der Waals surface area (Å²) in [5, 5.41) is 14.8. The van der Waals surface area contributed by atoms with Gasteiger partial charge in [-0.2, -0.15) is 0 Å². The van der Waals surface area contributed by atoms with Gasteiger partial charge >= 0.3 is 0 Å². The first kappa shape index (κ1) is 13.2. The molecule has 3 atom stereocenters. The molecule has 0 radical (unpaired) electrons. The molecule has 1 saturated carbocycles. The third-order valence-electron chi connectivity index (χ3n) is 5.77. The zero-order chi connectivity index (χ0) is 13.9. The highest BCUT2D eigenvalue weighted by molar-refractivity contribution is 6.37. The van der Waals surface area contributed by atoms with Crippen molar-refractivity contribution < 1.29 is 5.11 Å². The molecular formula is C16H19Cl2NO. The van der Waals surface area contributed by atoms with Gasteiger partial charge in [-0.25, -0.2) is 0 Å². The first-order valence-electron chi connectivity index (χ1n) is 7.57. The van der Waals surface area contributed by atoms with Gasteiger partial charge in [-0.3, -0.25) is 0 Å². The lowest BCUT2D eigenvalue weighted by atomic mass is 9.53. The summed E-state index contributed by atoms with van der Waals surface area (Å²) >= 11 is 12.6. The van der Waals surface area contributed by atoms with E-state index in [2.05, 4.69) is 5.32 Å². The van der Waals surface area contributed by atoms with E-state index < -0.39 is 0 Å². The molecular weight excluding hydrogens is 293 g/mol. The molecule has 3 aliphatic rings. The minimum Gasteiger partial charge on any atom is -0.505 e. The molecule has 0 amide bonds. The molecule has 2 N–H and O–H groups in total. The van der Waals surface area contributed by atoms with Gasteiger partial charge in [0, 0.05) is 11.5 Å². The maximum atomic E-state index is 10.2. The van der Waals surface area contributed by atoms with Crippen LogP contribution in [0.1, 0.15) is 43.2 Å². The van der Waals surface area contributed by atoms with Crippen molar-refractivity contribution in [1.82, 2.24) is 5.32 Å². The number of phenols is 1. The molecule has 4 heteroatoms. The van der Waals surface area contributed by atoms with Crippen LogP contribution in [0.2, 0.25) is 10.0 Å². The van der Waals surface area contributed by atoms with Crippen LogP contribution in [0.4, 0.5) is 0 Å². The van der Waals surface area contributed by atoms with Crippen molar-refractivity contribution in [3.8, 4) is 5.75 Å². The van der Waals surface area contributed by atoms with Gasteiger partial charge in [0.25, 0.3) is 0 Å². The minimum absolute atomic E-state index is 0.0720. The molecule has 2 bridgehead atoms. The summed E-state index contributed by atoms with van der Waals surface area (Å²) < 4.78 is 0. The van der Waals surface area contributed by atoms with E-state index in [0.29, 0.717) is 22.0 Å². The molecule has 2 fully saturated rings. The number of hydrogen-bond donors (Lipinski definition) is 2. The Bertz CT molecular complexity index is 570. The molecule has 1 saturated heterocycles. The summed E-state index contributed by atoms with van der Waals surface area (Å²) in [6.45, 7) is 1.06. The summed E-state index contributed by atoms with van der Waals surface area (Å²) in [6, 6.07) is 2.48. The second-order valence-corrected chi connectivity index (χ2v) is 7.36. The number of nitrogens with one attached hydrogen (secondary N) is 1. The Morgan fingerprint density at radius 1 is 1.25 bits per heavy atom. The molecule has 0 unspecified atom stereocenters. The zero-order valence-electron chi connectivity index (χ0n) is 11.4. The number of piperidine rings is 1. The molecule has 2 nitrogen and oxygen atoms in total. The van der Waals surface area contributed by atoms with Crippen LogP contribution in [0.3, 0.4) is 0 Å². The number of fused-ring (bicyclic) bond motifs is 1. The maximum Gasteiger partial charge on any atom is 0.153 e.